The van der Waals surface area contributed by atoms with Gasteiger partial charge in [-0.15, -0.1) is 0 Å². The second-order valence-corrected chi connectivity index (χ2v) is 4.18. The first-order valence-electron chi connectivity index (χ1n) is 3.95. The summed E-state index contributed by atoms with van der Waals surface area (Å²) in [6, 6.07) is 0. The van der Waals surface area contributed by atoms with Gasteiger partial charge in [0.15, 0.2) is 0 Å². The van der Waals surface area contributed by atoms with Gasteiger partial charge in [0.25, 0.3) is 0 Å². The first kappa shape index (κ1) is 13.8. The van der Waals surface area contributed by atoms with Crippen LogP contribution in [0.4, 0.5) is 0 Å². The van der Waals surface area contributed by atoms with Crippen LogP contribution in [-0.2, 0) is 10.3 Å². The summed E-state index contributed by atoms with van der Waals surface area (Å²) in [5.74, 6) is 0. The van der Waals surface area contributed by atoms with Crippen molar-refractivity contribution in [2.75, 3.05) is 26.4 Å². The molecule has 0 amide bonds. The number of likely N-dealkylation sites (N-methyl/N-ethyl adjacent to an activating group) is 1. The quantitative estimate of drug-likeness (QED) is 0.385. The predicted octanol–water partition coefficient (Wildman–Crippen LogP) is -2.17. The highest BCUT2D eigenvalue weighted by molar-refractivity contribution is 7.83. The average Bonchev–Trinajstić information content (AvgIpc) is 2.12. The van der Waals surface area contributed by atoms with Crippen LogP contribution in [0, 0.1) is 0 Å². The summed E-state index contributed by atoms with van der Waals surface area (Å²) in [5.41, 5.74) is -1.76. The predicted molar refractivity (Wildman–Crippen MR) is 47.9 cm³/mol. The van der Waals surface area contributed by atoms with Gasteiger partial charge in [-0.25, -0.2) is 0 Å². The molecule has 0 radical (unpaired) electrons. The number of nitrogens with zero attached hydrogens (tertiary/aromatic N) is 1. The summed E-state index contributed by atoms with van der Waals surface area (Å²) in [4.78, 5) is 0. The Labute approximate surface area is 82.5 Å². The molecule has 86 valence electrons. The van der Waals surface area contributed by atoms with E-state index in [9.17, 15) is 8.42 Å². The second kappa shape index (κ2) is 5.01. The first-order valence-corrected chi connectivity index (χ1v) is 5.35. The topological polar surface area (TPSA) is 118 Å². The highest BCUT2D eigenvalue weighted by Crippen LogP contribution is 2.17. The minimum Gasteiger partial charge on any atom is -0.394 e. The van der Waals surface area contributed by atoms with Crippen LogP contribution >= 0.6 is 0 Å². The van der Waals surface area contributed by atoms with Crippen molar-refractivity contribution in [3.63, 3.8) is 0 Å². The molecule has 4 N–H and O–H groups in total. The highest BCUT2D eigenvalue weighted by Gasteiger charge is 2.41. The molecule has 0 rings (SSSR count). The molecule has 14 heavy (non-hydrogen) atoms. The van der Waals surface area contributed by atoms with Gasteiger partial charge < -0.3 is 15.3 Å². The van der Waals surface area contributed by atoms with E-state index in [0.29, 0.717) is 4.31 Å². The Morgan fingerprint density at radius 3 is 1.57 bits per heavy atom. The molecule has 0 aromatic heterocycles. The van der Waals surface area contributed by atoms with Crippen molar-refractivity contribution in [1.82, 2.24) is 4.31 Å². The van der Waals surface area contributed by atoms with E-state index in [1.54, 1.807) is 0 Å². The minimum atomic E-state index is -4.56. The molecule has 0 atom stereocenters. The molecule has 0 heterocycles. The molecule has 0 unspecified atom stereocenters. The number of aliphatic hydroxyl groups excluding tert-OH is 3. The van der Waals surface area contributed by atoms with E-state index >= 15 is 0 Å². The molecular formula is C6H15NO6S. The van der Waals surface area contributed by atoms with Crippen LogP contribution < -0.4 is 0 Å². The minimum absolute atomic E-state index is 0.166. The maximum Gasteiger partial charge on any atom is 0.336 e. The third-order valence-electron chi connectivity index (χ3n) is 1.98. The van der Waals surface area contributed by atoms with Gasteiger partial charge in [0.05, 0.1) is 19.8 Å². The van der Waals surface area contributed by atoms with Crippen LogP contribution in [0.1, 0.15) is 6.92 Å². The number of rotatable bonds is 6. The van der Waals surface area contributed by atoms with Crippen LogP contribution in [-0.4, -0.2) is 64.5 Å². The van der Waals surface area contributed by atoms with Crippen molar-refractivity contribution in [2.45, 2.75) is 12.5 Å². The molecule has 7 nitrogen and oxygen atoms in total. The van der Waals surface area contributed by atoms with Gasteiger partial charge in [-0.2, -0.15) is 12.7 Å². The van der Waals surface area contributed by atoms with Crippen LogP contribution in [0.25, 0.3) is 0 Å². The Hall–Kier alpha value is -0.250. The fourth-order valence-electron chi connectivity index (χ4n) is 1.13. The number of hydrogen-bond acceptors (Lipinski definition) is 5. The van der Waals surface area contributed by atoms with E-state index in [2.05, 4.69) is 0 Å². The average molecular weight is 229 g/mol. The molecule has 0 bridgehead atoms. The van der Waals surface area contributed by atoms with Crippen molar-refractivity contribution in [3.8, 4) is 0 Å². The van der Waals surface area contributed by atoms with Gasteiger partial charge in [0, 0.05) is 6.54 Å². The van der Waals surface area contributed by atoms with Crippen molar-refractivity contribution < 1.29 is 28.3 Å². The highest BCUT2D eigenvalue weighted by atomic mass is 32.2. The van der Waals surface area contributed by atoms with Gasteiger partial charge in [-0.1, -0.05) is 6.92 Å². The lowest BCUT2D eigenvalue weighted by molar-refractivity contribution is -0.00814. The van der Waals surface area contributed by atoms with Gasteiger partial charge in [0.1, 0.15) is 5.54 Å². The van der Waals surface area contributed by atoms with Crippen molar-refractivity contribution in [3.05, 3.63) is 0 Å². The Bertz CT molecular complexity index is 251. The lowest BCUT2D eigenvalue weighted by Crippen LogP contribution is -2.59. The summed E-state index contributed by atoms with van der Waals surface area (Å²) < 4.78 is 30.9. The normalized spacial score (nSPS) is 13.6. The van der Waals surface area contributed by atoms with Gasteiger partial charge >= 0.3 is 10.3 Å². The van der Waals surface area contributed by atoms with Crippen molar-refractivity contribution in [2.24, 2.45) is 0 Å². The molecule has 8 heteroatoms. The van der Waals surface area contributed by atoms with Crippen LogP contribution in [0.15, 0.2) is 0 Å². The molecular weight excluding hydrogens is 214 g/mol. The van der Waals surface area contributed by atoms with E-state index in [1.807, 2.05) is 0 Å². The SMILES string of the molecule is CCN(C(CO)(CO)CO)S(=O)(=O)O. The third kappa shape index (κ3) is 2.62. The molecule has 0 aromatic carbocycles. The third-order valence-corrected chi connectivity index (χ3v) is 3.18. The molecule has 0 spiro atoms. The first-order chi connectivity index (χ1) is 6.37. The monoisotopic (exact) mass is 229 g/mol. The molecule has 0 saturated carbocycles. The van der Waals surface area contributed by atoms with Crippen LogP contribution in [0.5, 0.6) is 0 Å². The summed E-state index contributed by atoms with van der Waals surface area (Å²) in [5, 5.41) is 26.7. The van der Waals surface area contributed by atoms with E-state index in [0.717, 1.165) is 0 Å². The fraction of sp³-hybridized carbons (Fsp3) is 1.00. The van der Waals surface area contributed by atoms with E-state index in [-0.39, 0.29) is 6.54 Å². The molecule has 0 aliphatic heterocycles. The summed E-state index contributed by atoms with van der Waals surface area (Å²) in [6.07, 6.45) is 0. The molecule has 0 aliphatic carbocycles. The molecule has 0 aromatic rings. The Morgan fingerprint density at radius 2 is 1.50 bits per heavy atom. The Balaban J connectivity index is 5.15. The van der Waals surface area contributed by atoms with Gasteiger partial charge in [-0.05, 0) is 0 Å². The second-order valence-electron chi connectivity index (χ2n) is 2.84. The molecule has 0 fully saturated rings. The Kier molecular flexibility index (Phi) is 4.92. The zero-order chi connectivity index (χ0) is 11.4. The summed E-state index contributed by atoms with van der Waals surface area (Å²) in [6.45, 7) is -1.11. The summed E-state index contributed by atoms with van der Waals surface area (Å²) >= 11 is 0. The van der Waals surface area contributed by atoms with E-state index in [1.165, 1.54) is 6.92 Å². The standard InChI is InChI=1S/C6H15NO6S/c1-2-7(14(11,12)13)6(3-8,4-9)5-10/h8-10H,2-5H2,1H3,(H,11,12,13). The van der Waals surface area contributed by atoms with Gasteiger partial charge in [0.2, 0.25) is 0 Å². The number of hydrogen-bond donors (Lipinski definition) is 4. The molecule has 0 saturated heterocycles. The maximum absolute atomic E-state index is 10.8. The largest absolute Gasteiger partial charge is 0.394 e. The summed E-state index contributed by atoms with van der Waals surface area (Å²) in [7, 11) is -4.56. The lowest BCUT2D eigenvalue weighted by Gasteiger charge is -2.36. The van der Waals surface area contributed by atoms with E-state index in [4.69, 9.17) is 19.9 Å². The number of aliphatic hydroxyl groups is 3. The van der Waals surface area contributed by atoms with Crippen molar-refractivity contribution in [1.29, 1.82) is 0 Å². The van der Waals surface area contributed by atoms with Crippen LogP contribution in [0.3, 0.4) is 0 Å². The fourth-order valence-corrected chi connectivity index (χ4v) is 2.12. The van der Waals surface area contributed by atoms with E-state index < -0.39 is 35.7 Å². The van der Waals surface area contributed by atoms with Gasteiger partial charge in [-0.3, -0.25) is 4.55 Å². The zero-order valence-electron chi connectivity index (χ0n) is 7.79. The maximum atomic E-state index is 10.8. The Morgan fingerprint density at radius 1 is 1.14 bits per heavy atom. The lowest BCUT2D eigenvalue weighted by atomic mass is 10.0. The van der Waals surface area contributed by atoms with Crippen LogP contribution in [0.2, 0.25) is 0 Å². The smallest absolute Gasteiger partial charge is 0.336 e. The van der Waals surface area contributed by atoms with Crippen molar-refractivity contribution >= 4 is 10.3 Å². The molecule has 0 aliphatic rings. The zero-order valence-corrected chi connectivity index (χ0v) is 8.61.